The van der Waals surface area contributed by atoms with Crippen LogP contribution >= 0.6 is 46.0 Å². The SMILES string of the molecule is CSc1sc(C)cc1-c1nc(-c2cccnc2Cl)cs1. The number of aromatic nitrogens is 2. The van der Waals surface area contributed by atoms with Gasteiger partial charge in [0, 0.05) is 27.6 Å². The summed E-state index contributed by atoms with van der Waals surface area (Å²) in [7, 11) is 0. The van der Waals surface area contributed by atoms with E-state index in [-0.39, 0.29) is 0 Å². The fourth-order valence-electron chi connectivity index (χ4n) is 1.89. The number of aryl methyl sites for hydroxylation is 1. The second-order valence-electron chi connectivity index (χ2n) is 4.14. The molecule has 0 radical (unpaired) electrons. The van der Waals surface area contributed by atoms with Crippen molar-refractivity contribution in [1.82, 2.24) is 9.97 Å². The molecule has 0 aromatic carbocycles. The second kappa shape index (κ2) is 5.85. The van der Waals surface area contributed by atoms with E-state index in [4.69, 9.17) is 16.6 Å². The van der Waals surface area contributed by atoms with Crippen molar-refractivity contribution in [2.24, 2.45) is 0 Å². The summed E-state index contributed by atoms with van der Waals surface area (Å²) >= 11 is 11.3. The molecule has 0 saturated carbocycles. The van der Waals surface area contributed by atoms with Gasteiger partial charge >= 0.3 is 0 Å². The van der Waals surface area contributed by atoms with Crippen LogP contribution in [-0.4, -0.2) is 16.2 Å². The van der Waals surface area contributed by atoms with E-state index in [1.165, 1.54) is 14.6 Å². The number of thiazole rings is 1. The van der Waals surface area contributed by atoms with Crippen LogP contribution in [-0.2, 0) is 0 Å². The molecule has 0 bridgehead atoms. The number of halogens is 1. The topological polar surface area (TPSA) is 25.8 Å². The Morgan fingerprint density at radius 3 is 2.90 bits per heavy atom. The van der Waals surface area contributed by atoms with Gasteiger partial charge in [-0.2, -0.15) is 0 Å². The zero-order chi connectivity index (χ0) is 14.1. The molecule has 2 nitrogen and oxygen atoms in total. The van der Waals surface area contributed by atoms with Gasteiger partial charge in [0.25, 0.3) is 0 Å². The van der Waals surface area contributed by atoms with Crippen molar-refractivity contribution in [3.63, 3.8) is 0 Å². The lowest BCUT2D eigenvalue weighted by atomic mass is 10.2. The molecule has 20 heavy (non-hydrogen) atoms. The Labute approximate surface area is 134 Å². The number of pyridine rings is 1. The number of thiophene rings is 1. The van der Waals surface area contributed by atoms with Crippen LogP contribution in [0.5, 0.6) is 0 Å². The first-order valence-electron chi connectivity index (χ1n) is 5.90. The van der Waals surface area contributed by atoms with Crippen LogP contribution in [0.4, 0.5) is 0 Å². The number of rotatable bonds is 3. The molecule has 0 spiro atoms. The maximum atomic E-state index is 6.13. The average molecular weight is 339 g/mol. The van der Waals surface area contributed by atoms with Crippen LogP contribution in [0, 0.1) is 6.92 Å². The van der Waals surface area contributed by atoms with E-state index >= 15 is 0 Å². The predicted molar refractivity (Wildman–Crippen MR) is 90.2 cm³/mol. The largest absolute Gasteiger partial charge is 0.244 e. The standard InChI is InChI=1S/C14H11ClN2S3/c1-8-6-10(14(18-2)20-8)13-17-11(7-19-13)9-4-3-5-16-12(9)15/h3-7H,1-2H3. The molecule has 0 aliphatic heterocycles. The summed E-state index contributed by atoms with van der Waals surface area (Å²) in [5.74, 6) is 0. The van der Waals surface area contributed by atoms with Crippen molar-refractivity contribution in [2.45, 2.75) is 11.1 Å². The molecule has 3 aromatic heterocycles. The van der Waals surface area contributed by atoms with E-state index in [2.05, 4.69) is 24.2 Å². The molecule has 0 saturated heterocycles. The predicted octanol–water partition coefficient (Wildman–Crippen LogP) is 5.62. The van der Waals surface area contributed by atoms with E-state index in [1.54, 1.807) is 29.3 Å². The van der Waals surface area contributed by atoms with E-state index < -0.39 is 0 Å². The Balaban J connectivity index is 2.04. The van der Waals surface area contributed by atoms with Crippen LogP contribution in [0.1, 0.15) is 4.88 Å². The van der Waals surface area contributed by atoms with Crippen LogP contribution < -0.4 is 0 Å². The summed E-state index contributed by atoms with van der Waals surface area (Å²) in [5.41, 5.74) is 2.99. The quantitative estimate of drug-likeness (QED) is 0.458. The molecule has 0 amide bonds. The fourth-order valence-corrected chi connectivity index (χ4v) is 4.92. The summed E-state index contributed by atoms with van der Waals surface area (Å²) in [5, 5.41) is 3.57. The van der Waals surface area contributed by atoms with Crippen molar-refractivity contribution >= 4 is 46.0 Å². The van der Waals surface area contributed by atoms with Crippen molar-refractivity contribution < 1.29 is 0 Å². The molecule has 102 valence electrons. The summed E-state index contributed by atoms with van der Waals surface area (Å²) in [4.78, 5) is 10.1. The molecule has 0 atom stereocenters. The lowest BCUT2D eigenvalue weighted by Gasteiger charge is -1.98. The second-order valence-corrected chi connectivity index (χ2v) is 7.69. The number of hydrogen-bond acceptors (Lipinski definition) is 5. The highest BCUT2D eigenvalue weighted by molar-refractivity contribution is 8.00. The van der Waals surface area contributed by atoms with Crippen molar-refractivity contribution in [1.29, 1.82) is 0 Å². The van der Waals surface area contributed by atoms with Crippen LogP contribution in [0.3, 0.4) is 0 Å². The minimum atomic E-state index is 0.496. The van der Waals surface area contributed by atoms with E-state index in [9.17, 15) is 0 Å². The average Bonchev–Trinajstić information content (AvgIpc) is 3.05. The minimum absolute atomic E-state index is 0.496. The van der Waals surface area contributed by atoms with Gasteiger partial charge in [0.15, 0.2) is 0 Å². The van der Waals surface area contributed by atoms with Gasteiger partial charge in [-0.1, -0.05) is 11.6 Å². The lowest BCUT2D eigenvalue weighted by Crippen LogP contribution is -1.83. The Morgan fingerprint density at radius 1 is 1.30 bits per heavy atom. The van der Waals surface area contributed by atoms with Gasteiger partial charge < -0.3 is 0 Å². The lowest BCUT2D eigenvalue weighted by molar-refractivity contribution is 1.30. The number of thioether (sulfide) groups is 1. The third-order valence-electron chi connectivity index (χ3n) is 2.78. The van der Waals surface area contributed by atoms with Crippen LogP contribution in [0.2, 0.25) is 5.15 Å². The smallest absolute Gasteiger partial charge is 0.138 e. The van der Waals surface area contributed by atoms with Gasteiger partial charge in [-0.3, -0.25) is 0 Å². The molecule has 0 aliphatic carbocycles. The Hall–Kier alpha value is -0.880. The van der Waals surface area contributed by atoms with Gasteiger partial charge in [0.1, 0.15) is 10.2 Å². The van der Waals surface area contributed by atoms with E-state index in [0.717, 1.165) is 16.3 Å². The maximum absolute atomic E-state index is 6.13. The molecule has 6 heteroatoms. The molecule has 0 fully saturated rings. The molecular formula is C14H11ClN2S3. The summed E-state index contributed by atoms with van der Waals surface area (Å²) in [6, 6.07) is 6.02. The maximum Gasteiger partial charge on any atom is 0.138 e. The van der Waals surface area contributed by atoms with Crippen molar-refractivity contribution in [3.05, 3.63) is 39.8 Å². The fraction of sp³-hybridized carbons (Fsp3) is 0.143. The van der Waals surface area contributed by atoms with Crippen LogP contribution in [0.15, 0.2) is 34.0 Å². The normalized spacial score (nSPS) is 10.9. The zero-order valence-electron chi connectivity index (χ0n) is 10.9. The first kappa shape index (κ1) is 14.1. The number of nitrogens with zero attached hydrogens (tertiary/aromatic N) is 2. The van der Waals surface area contributed by atoms with Gasteiger partial charge in [-0.15, -0.1) is 34.4 Å². The third-order valence-corrected chi connectivity index (χ3v) is 6.14. The van der Waals surface area contributed by atoms with Crippen molar-refractivity contribution in [3.8, 4) is 21.8 Å². The van der Waals surface area contributed by atoms with Crippen molar-refractivity contribution in [2.75, 3.05) is 6.26 Å². The summed E-state index contributed by atoms with van der Waals surface area (Å²) in [6.07, 6.45) is 3.79. The highest BCUT2D eigenvalue weighted by atomic mass is 35.5. The zero-order valence-corrected chi connectivity index (χ0v) is 14.1. The first-order valence-corrected chi connectivity index (χ1v) is 9.20. The Morgan fingerprint density at radius 2 is 2.15 bits per heavy atom. The molecular weight excluding hydrogens is 328 g/mol. The number of hydrogen-bond donors (Lipinski definition) is 0. The monoisotopic (exact) mass is 338 g/mol. The molecule has 3 aromatic rings. The third kappa shape index (κ3) is 2.63. The van der Waals surface area contributed by atoms with Gasteiger partial charge in [-0.25, -0.2) is 9.97 Å². The Kier molecular flexibility index (Phi) is 4.12. The van der Waals surface area contributed by atoms with E-state index in [0.29, 0.717) is 5.15 Å². The molecule has 0 unspecified atom stereocenters. The van der Waals surface area contributed by atoms with Gasteiger partial charge in [0.2, 0.25) is 0 Å². The Bertz CT molecular complexity index is 748. The molecule has 3 heterocycles. The molecule has 3 rings (SSSR count). The summed E-state index contributed by atoms with van der Waals surface area (Å²) < 4.78 is 1.31. The van der Waals surface area contributed by atoms with Gasteiger partial charge in [0.05, 0.1) is 9.90 Å². The first-order chi connectivity index (χ1) is 9.69. The minimum Gasteiger partial charge on any atom is -0.244 e. The molecule has 0 N–H and O–H groups in total. The summed E-state index contributed by atoms with van der Waals surface area (Å²) in [6.45, 7) is 2.13. The van der Waals surface area contributed by atoms with Gasteiger partial charge in [-0.05, 0) is 31.4 Å². The highest BCUT2D eigenvalue weighted by Gasteiger charge is 2.14. The van der Waals surface area contributed by atoms with Crippen LogP contribution in [0.25, 0.3) is 21.8 Å². The molecule has 0 aliphatic rings. The van der Waals surface area contributed by atoms with E-state index in [1.807, 2.05) is 28.8 Å². The highest BCUT2D eigenvalue weighted by Crippen LogP contribution is 2.40.